The van der Waals surface area contributed by atoms with E-state index >= 15 is 0 Å². The molecule has 2 fully saturated rings. The molecule has 2 N–H and O–H groups in total. The Kier molecular flexibility index (Phi) is 4.59. The minimum atomic E-state index is -0.360. The molecule has 2 aliphatic heterocycles. The van der Waals surface area contributed by atoms with E-state index < -0.39 is 0 Å². The van der Waals surface area contributed by atoms with Gasteiger partial charge < -0.3 is 20.0 Å². The highest BCUT2D eigenvalue weighted by Gasteiger charge is 2.40. The zero-order valence-electron chi connectivity index (χ0n) is 13.8. The largest absolute Gasteiger partial charge is 0.467 e. The maximum atomic E-state index is 12.8. The lowest BCUT2D eigenvalue weighted by molar-refractivity contribution is -0.141. The van der Waals surface area contributed by atoms with Gasteiger partial charge in [0.05, 0.1) is 24.6 Å². The second kappa shape index (κ2) is 6.67. The summed E-state index contributed by atoms with van der Waals surface area (Å²) in [7, 11) is 0. The number of hydrogen-bond donors (Lipinski definition) is 1. The van der Waals surface area contributed by atoms with E-state index in [0.717, 1.165) is 6.42 Å². The number of carbonyl (C=O) groups excluding carboxylic acids is 3. The third-order valence-electron chi connectivity index (χ3n) is 5.06. The van der Waals surface area contributed by atoms with E-state index in [1.54, 1.807) is 22.1 Å². The first-order chi connectivity index (χ1) is 11.5. The normalized spacial score (nSPS) is 27.5. The molecule has 2 aliphatic rings. The van der Waals surface area contributed by atoms with Gasteiger partial charge in [-0.05, 0) is 31.9 Å². The van der Waals surface area contributed by atoms with Crippen molar-refractivity contribution in [2.24, 2.45) is 17.6 Å². The van der Waals surface area contributed by atoms with Crippen LogP contribution in [0, 0.1) is 11.8 Å². The Hall–Kier alpha value is -2.31. The van der Waals surface area contributed by atoms with Gasteiger partial charge in [0.15, 0.2) is 0 Å². The van der Waals surface area contributed by atoms with E-state index in [2.05, 4.69) is 0 Å². The minimum Gasteiger partial charge on any atom is -0.467 e. The van der Waals surface area contributed by atoms with E-state index in [-0.39, 0.29) is 42.0 Å². The summed E-state index contributed by atoms with van der Waals surface area (Å²) in [6.07, 6.45) is 3.26. The average Bonchev–Trinajstić information content (AvgIpc) is 3.18. The summed E-state index contributed by atoms with van der Waals surface area (Å²) in [4.78, 5) is 39.9. The van der Waals surface area contributed by atoms with Gasteiger partial charge in [-0.1, -0.05) is 0 Å². The van der Waals surface area contributed by atoms with Gasteiger partial charge in [-0.2, -0.15) is 0 Å². The number of primary amides is 1. The van der Waals surface area contributed by atoms with Gasteiger partial charge in [0.2, 0.25) is 17.7 Å². The Bertz CT molecular complexity index is 628. The van der Waals surface area contributed by atoms with Crippen molar-refractivity contribution in [3.8, 4) is 0 Å². The summed E-state index contributed by atoms with van der Waals surface area (Å²) in [6.45, 7) is 3.11. The number of nitrogens with two attached hydrogens (primary N) is 1. The third kappa shape index (κ3) is 3.29. The van der Waals surface area contributed by atoms with Crippen LogP contribution in [0.4, 0.5) is 0 Å². The first-order valence-electron chi connectivity index (χ1n) is 8.35. The standard InChI is InChI=1S/C17H23N3O4/c1-11-4-5-12(16(18)22)9-20(11)17(23)13-7-15(21)19(8-13)10-14-3-2-6-24-14/h2-3,6,11-13H,4-5,7-10H2,1H3,(H2,18,22)/t11-,12+,13-/m1/s1. The Morgan fingerprint density at radius 2 is 2.08 bits per heavy atom. The molecular weight excluding hydrogens is 310 g/mol. The SMILES string of the molecule is C[C@@H]1CC[C@H](C(N)=O)CN1C(=O)[C@@H]1CC(=O)N(Cc2ccco2)C1. The van der Waals surface area contributed by atoms with Crippen molar-refractivity contribution < 1.29 is 18.8 Å². The molecule has 2 saturated heterocycles. The van der Waals surface area contributed by atoms with Gasteiger partial charge in [-0.3, -0.25) is 14.4 Å². The second-order valence-corrected chi connectivity index (χ2v) is 6.77. The van der Waals surface area contributed by atoms with E-state index in [9.17, 15) is 14.4 Å². The number of amides is 3. The zero-order valence-corrected chi connectivity index (χ0v) is 13.8. The van der Waals surface area contributed by atoms with Crippen LogP contribution in [0.15, 0.2) is 22.8 Å². The smallest absolute Gasteiger partial charge is 0.228 e. The second-order valence-electron chi connectivity index (χ2n) is 6.77. The molecule has 130 valence electrons. The Morgan fingerprint density at radius 1 is 1.29 bits per heavy atom. The summed E-state index contributed by atoms with van der Waals surface area (Å²) in [5, 5.41) is 0. The molecule has 7 heteroatoms. The number of carbonyl (C=O) groups is 3. The summed E-state index contributed by atoms with van der Waals surface area (Å²) in [6, 6.07) is 3.66. The van der Waals surface area contributed by atoms with Gasteiger partial charge in [-0.25, -0.2) is 0 Å². The third-order valence-corrected chi connectivity index (χ3v) is 5.06. The molecule has 0 unspecified atom stereocenters. The predicted octanol–water partition coefficient (Wildman–Crippen LogP) is 0.741. The molecule has 24 heavy (non-hydrogen) atoms. The van der Waals surface area contributed by atoms with Crippen LogP contribution in [0.1, 0.15) is 31.9 Å². The number of rotatable bonds is 4. The summed E-state index contributed by atoms with van der Waals surface area (Å²) < 4.78 is 5.27. The zero-order chi connectivity index (χ0) is 17.3. The molecule has 3 rings (SSSR count). The average molecular weight is 333 g/mol. The number of nitrogens with zero attached hydrogens (tertiary/aromatic N) is 2. The molecule has 0 aromatic carbocycles. The minimum absolute atomic E-state index is 0.0409. The summed E-state index contributed by atoms with van der Waals surface area (Å²) in [5.74, 6) is -0.397. The lowest BCUT2D eigenvalue weighted by Gasteiger charge is -2.38. The van der Waals surface area contributed by atoms with Crippen molar-refractivity contribution in [1.82, 2.24) is 9.80 Å². The molecule has 7 nitrogen and oxygen atoms in total. The van der Waals surface area contributed by atoms with Gasteiger partial charge >= 0.3 is 0 Å². The monoisotopic (exact) mass is 333 g/mol. The van der Waals surface area contributed by atoms with Gasteiger partial charge in [0.1, 0.15) is 5.76 Å². The quantitative estimate of drug-likeness (QED) is 0.879. The van der Waals surface area contributed by atoms with Crippen LogP contribution >= 0.6 is 0 Å². The fraction of sp³-hybridized carbons (Fsp3) is 0.588. The molecule has 3 atom stereocenters. The van der Waals surface area contributed by atoms with E-state index in [1.165, 1.54) is 0 Å². The molecular formula is C17H23N3O4. The van der Waals surface area contributed by atoms with E-state index in [1.807, 2.05) is 13.0 Å². The maximum Gasteiger partial charge on any atom is 0.228 e. The fourth-order valence-corrected chi connectivity index (χ4v) is 3.56. The summed E-state index contributed by atoms with van der Waals surface area (Å²) in [5.41, 5.74) is 5.40. The molecule has 3 amide bonds. The Labute approximate surface area is 140 Å². The molecule has 1 aromatic rings. The molecule has 0 aliphatic carbocycles. The number of furan rings is 1. The molecule has 0 spiro atoms. The van der Waals surface area contributed by atoms with Crippen molar-refractivity contribution in [3.63, 3.8) is 0 Å². The molecule has 1 aromatic heterocycles. The van der Waals surface area contributed by atoms with Gasteiger partial charge in [0.25, 0.3) is 0 Å². The van der Waals surface area contributed by atoms with Crippen LogP contribution in [-0.4, -0.2) is 46.7 Å². The summed E-state index contributed by atoms with van der Waals surface area (Å²) >= 11 is 0. The number of likely N-dealkylation sites (tertiary alicyclic amines) is 2. The Morgan fingerprint density at radius 3 is 2.75 bits per heavy atom. The lowest BCUT2D eigenvalue weighted by Crippen LogP contribution is -2.50. The van der Waals surface area contributed by atoms with Crippen molar-refractivity contribution in [3.05, 3.63) is 24.2 Å². The van der Waals surface area contributed by atoms with Gasteiger partial charge in [-0.15, -0.1) is 0 Å². The highest BCUT2D eigenvalue weighted by atomic mass is 16.3. The molecule has 3 heterocycles. The van der Waals surface area contributed by atoms with Crippen LogP contribution < -0.4 is 5.73 Å². The first-order valence-corrected chi connectivity index (χ1v) is 8.35. The van der Waals surface area contributed by atoms with Crippen molar-refractivity contribution in [1.29, 1.82) is 0 Å². The van der Waals surface area contributed by atoms with Crippen molar-refractivity contribution in [2.75, 3.05) is 13.1 Å². The number of hydrogen-bond acceptors (Lipinski definition) is 4. The number of piperidine rings is 1. The van der Waals surface area contributed by atoms with Crippen LogP contribution in [0.3, 0.4) is 0 Å². The molecule has 0 radical (unpaired) electrons. The van der Waals surface area contributed by atoms with Crippen molar-refractivity contribution >= 4 is 17.7 Å². The topological polar surface area (TPSA) is 96.8 Å². The van der Waals surface area contributed by atoms with Crippen LogP contribution in [-0.2, 0) is 20.9 Å². The maximum absolute atomic E-state index is 12.8. The van der Waals surface area contributed by atoms with Crippen LogP contribution in [0.25, 0.3) is 0 Å². The van der Waals surface area contributed by atoms with Crippen LogP contribution in [0.5, 0.6) is 0 Å². The molecule has 0 saturated carbocycles. The predicted molar refractivity (Wildman–Crippen MR) is 85.3 cm³/mol. The van der Waals surface area contributed by atoms with E-state index in [4.69, 9.17) is 10.2 Å². The van der Waals surface area contributed by atoms with Crippen LogP contribution in [0.2, 0.25) is 0 Å². The molecule has 0 bridgehead atoms. The lowest BCUT2D eigenvalue weighted by atomic mass is 9.91. The van der Waals surface area contributed by atoms with Crippen molar-refractivity contribution in [2.45, 2.75) is 38.8 Å². The fourth-order valence-electron chi connectivity index (χ4n) is 3.56. The Balaban J connectivity index is 1.64. The highest BCUT2D eigenvalue weighted by Crippen LogP contribution is 2.27. The van der Waals surface area contributed by atoms with Gasteiger partial charge in [0, 0.05) is 25.6 Å². The first kappa shape index (κ1) is 16.5. The van der Waals surface area contributed by atoms with E-state index in [0.29, 0.717) is 31.8 Å². The highest BCUT2D eigenvalue weighted by molar-refractivity contribution is 5.90.